The summed E-state index contributed by atoms with van der Waals surface area (Å²) in [6, 6.07) is 3.82. The number of carbonyl (C=O) groups is 1. The summed E-state index contributed by atoms with van der Waals surface area (Å²) in [6.45, 7) is 6.53. The Morgan fingerprint density at radius 2 is 1.86 bits per heavy atom. The van der Waals surface area contributed by atoms with Crippen LogP contribution in [0.5, 0.6) is 0 Å². The van der Waals surface area contributed by atoms with E-state index in [4.69, 9.17) is 11.6 Å². The Labute approximate surface area is 130 Å². The van der Waals surface area contributed by atoms with E-state index < -0.39 is 16.1 Å². The highest BCUT2D eigenvalue weighted by Crippen LogP contribution is 2.26. The maximum Gasteiger partial charge on any atom is 0.319 e. The van der Waals surface area contributed by atoms with Gasteiger partial charge in [0.05, 0.1) is 15.6 Å². The van der Waals surface area contributed by atoms with E-state index in [0.29, 0.717) is 19.6 Å². The standard InChI is InChI=1S/C13H20ClN3O3S/c1-4-15-13(18)16-12-9-10(7-8-11(12)14)21(19,20)17(5-2)6-3/h7-9H,4-6H2,1-3H3,(H2,15,16,18). The number of hydrogen-bond donors (Lipinski definition) is 2. The third kappa shape index (κ3) is 4.33. The van der Waals surface area contributed by atoms with Crippen LogP contribution in [0.4, 0.5) is 10.5 Å². The smallest absolute Gasteiger partial charge is 0.319 e. The van der Waals surface area contributed by atoms with Crippen molar-refractivity contribution in [2.45, 2.75) is 25.7 Å². The zero-order valence-electron chi connectivity index (χ0n) is 12.3. The number of benzene rings is 1. The second-order valence-corrected chi connectivity index (χ2v) is 6.56. The molecule has 0 aromatic heterocycles. The number of amides is 2. The van der Waals surface area contributed by atoms with Crippen LogP contribution in [0.2, 0.25) is 5.02 Å². The minimum absolute atomic E-state index is 0.0994. The average Bonchev–Trinajstić information content (AvgIpc) is 2.42. The van der Waals surface area contributed by atoms with Gasteiger partial charge in [0.15, 0.2) is 0 Å². The number of nitrogens with one attached hydrogen (secondary N) is 2. The summed E-state index contributed by atoms with van der Waals surface area (Å²) in [5.74, 6) is 0. The minimum Gasteiger partial charge on any atom is -0.338 e. The molecule has 0 heterocycles. The van der Waals surface area contributed by atoms with Gasteiger partial charge in [0.2, 0.25) is 10.0 Å². The van der Waals surface area contributed by atoms with Crippen LogP contribution in [-0.2, 0) is 10.0 Å². The molecule has 2 amide bonds. The Kier molecular flexibility index (Phi) is 6.44. The maximum absolute atomic E-state index is 12.4. The van der Waals surface area contributed by atoms with Crippen molar-refractivity contribution < 1.29 is 13.2 Å². The van der Waals surface area contributed by atoms with Crippen molar-refractivity contribution in [3.05, 3.63) is 23.2 Å². The monoisotopic (exact) mass is 333 g/mol. The summed E-state index contributed by atoms with van der Waals surface area (Å²) in [6.07, 6.45) is 0. The lowest BCUT2D eigenvalue weighted by atomic mass is 10.3. The van der Waals surface area contributed by atoms with Crippen LogP contribution in [0.3, 0.4) is 0 Å². The van der Waals surface area contributed by atoms with E-state index in [1.807, 2.05) is 0 Å². The van der Waals surface area contributed by atoms with Crippen LogP contribution >= 0.6 is 11.6 Å². The molecule has 0 aliphatic carbocycles. The second-order valence-electron chi connectivity index (χ2n) is 4.22. The third-order valence-electron chi connectivity index (χ3n) is 2.87. The SMILES string of the molecule is CCNC(=O)Nc1cc(S(=O)(=O)N(CC)CC)ccc1Cl. The predicted octanol–water partition coefficient (Wildman–Crippen LogP) is 2.51. The molecule has 2 N–H and O–H groups in total. The van der Waals surface area contributed by atoms with Gasteiger partial charge >= 0.3 is 6.03 Å². The Morgan fingerprint density at radius 3 is 2.38 bits per heavy atom. The third-order valence-corrected chi connectivity index (χ3v) is 5.24. The molecule has 21 heavy (non-hydrogen) atoms. The molecule has 1 aromatic rings. The fourth-order valence-corrected chi connectivity index (χ4v) is 3.45. The summed E-state index contributed by atoms with van der Waals surface area (Å²) in [5, 5.41) is 5.37. The number of nitrogens with zero attached hydrogens (tertiary/aromatic N) is 1. The van der Waals surface area contributed by atoms with Crippen LogP contribution < -0.4 is 10.6 Å². The Balaban J connectivity index is 3.14. The van der Waals surface area contributed by atoms with Crippen molar-refractivity contribution in [2.75, 3.05) is 25.0 Å². The van der Waals surface area contributed by atoms with Gasteiger partial charge in [-0.15, -0.1) is 0 Å². The first-order valence-electron chi connectivity index (χ1n) is 6.71. The van der Waals surface area contributed by atoms with E-state index in [2.05, 4.69) is 10.6 Å². The number of halogens is 1. The fourth-order valence-electron chi connectivity index (χ4n) is 1.80. The maximum atomic E-state index is 12.4. The predicted molar refractivity (Wildman–Crippen MR) is 84.3 cm³/mol. The second kappa shape index (κ2) is 7.63. The van der Waals surface area contributed by atoms with Crippen LogP contribution in [0.15, 0.2) is 23.1 Å². The first-order valence-corrected chi connectivity index (χ1v) is 8.53. The zero-order valence-corrected chi connectivity index (χ0v) is 13.9. The number of sulfonamides is 1. The number of rotatable bonds is 6. The van der Waals surface area contributed by atoms with E-state index in [9.17, 15) is 13.2 Å². The van der Waals surface area contributed by atoms with Gasteiger partial charge in [-0.2, -0.15) is 4.31 Å². The Hall–Kier alpha value is -1.31. The molecular formula is C13H20ClN3O3S. The molecule has 1 rings (SSSR count). The van der Waals surface area contributed by atoms with Gasteiger partial charge in [-0.1, -0.05) is 25.4 Å². The van der Waals surface area contributed by atoms with Crippen molar-refractivity contribution in [3.8, 4) is 0 Å². The molecule has 0 spiro atoms. The van der Waals surface area contributed by atoms with Crippen LogP contribution in [0.25, 0.3) is 0 Å². The van der Waals surface area contributed by atoms with Gasteiger partial charge in [-0.25, -0.2) is 13.2 Å². The van der Waals surface area contributed by atoms with Crippen molar-refractivity contribution in [2.24, 2.45) is 0 Å². The molecule has 1 aromatic carbocycles. The molecule has 0 aliphatic heterocycles. The molecule has 0 saturated carbocycles. The highest BCUT2D eigenvalue weighted by atomic mass is 35.5. The molecule has 118 valence electrons. The van der Waals surface area contributed by atoms with Crippen molar-refractivity contribution in [1.29, 1.82) is 0 Å². The lowest BCUT2D eigenvalue weighted by molar-refractivity contribution is 0.252. The van der Waals surface area contributed by atoms with Gasteiger partial charge in [0.1, 0.15) is 0 Å². The topological polar surface area (TPSA) is 78.5 Å². The van der Waals surface area contributed by atoms with E-state index in [0.717, 1.165) is 0 Å². The summed E-state index contributed by atoms with van der Waals surface area (Å²) in [4.78, 5) is 11.6. The number of urea groups is 1. The van der Waals surface area contributed by atoms with Gasteiger partial charge in [-0.05, 0) is 25.1 Å². The van der Waals surface area contributed by atoms with Crippen LogP contribution in [0.1, 0.15) is 20.8 Å². The van der Waals surface area contributed by atoms with Crippen LogP contribution in [0, 0.1) is 0 Å². The number of carbonyl (C=O) groups excluding carboxylic acids is 1. The summed E-state index contributed by atoms with van der Waals surface area (Å²) < 4.78 is 26.2. The lowest BCUT2D eigenvalue weighted by Crippen LogP contribution is -2.31. The van der Waals surface area contributed by atoms with E-state index >= 15 is 0 Å². The van der Waals surface area contributed by atoms with E-state index in [1.54, 1.807) is 20.8 Å². The van der Waals surface area contributed by atoms with Crippen molar-refractivity contribution in [3.63, 3.8) is 0 Å². The first kappa shape index (κ1) is 17.7. The molecule has 6 nitrogen and oxygen atoms in total. The Morgan fingerprint density at radius 1 is 1.24 bits per heavy atom. The molecule has 0 unspecified atom stereocenters. The fraction of sp³-hybridized carbons (Fsp3) is 0.462. The highest BCUT2D eigenvalue weighted by Gasteiger charge is 2.22. The molecule has 0 aliphatic rings. The molecule has 0 radical (unpaired) electrons. The Bertz CT molecular complexity index is 601. The highest BCUT2D eigenvalue weighted by molar-refractivity contribution is 7.89. The summed E-state index contributed by atoms with van der Waals surface area (Å²) >= 11 is 5.99. The molecule has 0 fully saturated rings. The minimum atomic E-state index is -3.59. The molecular weight excluding hydrogens is 314 g/mol. The number of hydrogen-bond acceptors (Lipinski definition) is 3. The molecule has 8 heteroatoms. The first-order chi connectivity index (χ1) is 9.86. The average molecular weight is 334 g/mol. The molecule has 0 bridgehead atoms. The van der Waals surface area contributed by atoms with E-state index in [1.165, 1.54) is 22.5 Å². The summed E-state index contributed by atoms with van der Waals surface area (Å²) in [7, 11) is -3.59. The molecule has 0 saturated heterocycles. The van der Waals surface area contributed by atoms with Gasteiger partial charge in [0, 0.05) is 19.6 Å². The van der Waals surface area contributed by atoms with Crippen LogP contribution in [-0.4, -0.2) is 38.4 Å². The van der Waals surface area contributed by atoms with Gasteiger partial charge in [0.25, 0.3) is 0 Å². The van der Waals surface area contributed by atoms with Crippen molar-refractivity contribution in [1.82, 2.24) is 9.62 Å². The van der Waals surface area contributed by atoms with E-state index in [-0.39, 0.29) is 15.6 Å². The normalized spacial score (nSPS) is 11.5. The van der Waals surface area contributed by atoms with Gasteiger partial charge in [-0.3, -0.25) is 0 Å². The largest absolute Gasteiger partial charge is 0.338 e. The molecule has 0 atom stereocenters. The quantitative estimate of drug-likeness (QED) is 0.839. The van der Waals surface area contributed by atoms with Crippen molar-refractivity contribution >= 4 is 33.3 Å². The summed E-state index contributed by atoms with van der Waals surface area (Å²) in [5.41, 5.74) is 0.260. The van der Waals surface area contributed by atoms with Gasteiger partial charge < -0.3 is 10.6 Å². The lowest BCUT2D eigenvalue weighted by Gasteiger charge is -2.19. The number of anilines is 1. The zero-order chi connectivity index (χ0) is 16.0.